The van der Waals surface area contributed by atoms with Crippen LogP contribution in [0.4, 0.5) is 0 Å². The van der Waals surface area contributed by atoms with Crippen LogP contribution in [0.3, 0.4) is 0 Å². The fourth-order valence-corrected chi connectivity index (χ4v) is 2.63. The molecule has 2 rings (SSSR count). The molecular formula is C14H12ClNOS. The number of aromatic nitrogens is 1. The van der Waals surface area contributed by atoms with Crippen LogP contribution in [0.15, 0.2) is 47.6 Å². The molecule has 0 radical (unpaired) electrons. The molecule has 0 spiro atoms. The maximum atomic E-state index is 12.0. The smallest absolute Gasteiger partial charge is 0.174 e. The minimum Gasteiger partial charge on any atom is -0.293 e. The van der Waals surface area contributed by atoms with Crippen LogP contribution in [-0.4, -0.2) is 16.5 Å². The van der Waals surface area contributed by atoms with E-state index in [1.54, 1.807) is 12.4 Å². The Kier molecular flexibility index (Phi) is 4.39. The van der Waals surface area contributed by atoms with Crippen molar-refractivity contribution in [1.29, 1.82) is 0 Å². The molecule has 0 aliphatic rings. The van der Waals surface area contributed by atoms with E-state index in [-0.39, 0.29) is 5.78 Å². The van der Waals surface area contributed by atoms with Gasteiger partial charge in [0.05, 0.1) is 10.8 Å². The summed E-state index contributed by atoms with van der Waals surface area (Å²) in [6.07, 6.45) is 3.33. The maximum absolute atomic E-state index is 12.0. The molecule has 0 fully saturated rings. The number of pyridine rings is 1. The fraction of sp³-hybridized carbons (Fsp3) is 0.143. The molecule has 0 saturated carbocycles. The summed E-state index contributed by atoms with van der Waals surface area (Å²) in [5.41, 5.74) is 1.64. The Balaban J connectivity index is 2.03. The lowest BCUT2D eigenvalue weighted by Crippen LogP contribution is -2.03. The molecule has 0 amide bonds. The summed E-state index contributed by atoms with van der Waals surface area (Å²) in [6, 6.07) is 9.37. The van der Waals surface area contributed by atoms with Gasteiger partial charge in [-0.05, 0) is 30.7 Å². The molecule has 1 aromatic heterocycles. The molecule has 0 N–H and O–H groups in total. The first-order valence-corrected chi connectivity index (χ1v) is 6.85. The lowest BCUT2D eigenvalue weighted by molar-refractivity contribution is 0.102. The van der Waals surface area contributed by atoms with Crippen LogP contribution in [0.1, 0.15) is 15.9 Å². The van der Waals surface area contributed by atoms with Crippen molar-refractivity contribution in [3.05, 3.63) is 58.9 Å². The minimum absolute atomic E-state index is 0.0659. The van der Waals surface area contributed by atoms with Crippen LogP contribution in [0.25, 0.3) is 0 Å². The van der Waals surface area contributed by atoms with Crippen molar-refractivity contribution >= 4 is 29.1 Å². The number of hydrogen-bond donors (Lipinski definition) is 0. The molecule has 0 unspecified atom stereocenters. The van der Waals surface area contributed by atoms with E-state index >= 15 is 0 Å². The van der Waals surface area contributed by atoms with Gasteiger partial charge in [-0.1, -0.05) is 23.7 Å². The van der Waals surface area contributed by atoms with E-state index in [0.717, 1.165) is 10.5 Å². The van der Waals surface area contributed by atoms with E-state index in [9.17, 15) is 4.79 Å². The van der Waals surface area contributed by atoms with E-state index < -0.39 is 0 Å². The van der Waals surface area contributed by atoms with Crippen molar-refractivity contribution < 1.29 is 4.79 Å². The topological polar surface area (TPSA) is 30.0 Å². The first-order chi connectivity index (χ1) is 8.66. The minimum atomic E-state index is 0.0659. The molecule has 1 heterocycles. The monoisotopic (exact) mass is 277 g/mol. The molecule has 4 heteroatoms. The van der Waals surface area contributed by atoms with Gasteiger partial charge in [0.25, 0.3) is 0 Å². The predicted molar refractivity (Wildman–Crippen MR) is 75.5 cm³/mol. The molecule has 1 aromatic carbocycles. The van der Waals surface area contributed by atoms with Crippen molar-refractivity contribution in [2.45, 2.75) is 11.8 Å². The zero-order chi connectivity index (χ0) is 13.0. The summed E-state index contributed by atoms with van der Waals surface area (Å²) in [7, 11) is 0. The summed E-state index contributed by atoms with van der Waals surface area (Å²) in [4.78, 5) is 16.9. The van der Waals surface area contributed by atoms with Crippen LogP contribution in [0, 0.1) is 6.92 Å². The zero-order valence-corrected chi connectivity index (χ0v) is 11.5. The number of carbonyl (C=O) groups excluding carboxylic acids is 1. The number of benzene rings is 1. The largest absolute Gasteiger partial charge is 0.293 e. The molecule has 18 heavy (non-hydrogen) atoms. The van der Waals surface area contributed by atoms with Gasteiger partial charge in [-0.3, -0.25) is 9.78 Å². The van der Waals surface area contributed by atoms with Crippen LogP contribution in [0.5, 0.6) is 0 Å². The molecule has 0 saturated heterocycles. The second-order valence-corrected chi connectivity index (χ2v) is 5.32. The summed E-state index contributed by atoms with van der Waals surface area (Å²) in [5, 5.41) is 0.678. The third-order valence-corrected chi connectivity index (χ3v) is 3.91. The first kappa shape index (κ1) is 13.1. The Bertz CT molecular complexity index is 571. The van der Waals surface area contributed by atoms with Crippen molar-refractivity contribution in [2.75, 3.05) is 5.75 Å². The Morgan fingerprint density at radius 3 is 2.83 bits per heavy atom. The van der Waals surface area contributed by atoms with E-state index in [2.05, 4.69) is 4.98 Å². The molecular weight excluding hydrogens is 266 g/mol. The zero-order valence-electron chi connectivity index (χ0n) is 9.89. The number of carbonyl (C=O) groups is 1. The number of rotatable bonds is 4. The molecule has 2 aromatic rings. The van der Waals surface area contributed by atoms with E-state index in [1.807, 2.05) is 37.3 Å². The van der Waals surface area contributed by atoms with Crippen LogP contribution in [0.2, 0.25) is 5.02 Å². The summed E-state index contributed by atoms with van der Waals surface area (Å²) >= 11 is 7.48. The first-order valence-electron chi connectivity index (χ1n) is 5.49. The maximum Gasteiger partial charge on any atom is 0.174 e. The van der Waals surface area contributed by atoms with Gasteiger partial charge in [0.2, 0.25) is 0 Å². The lowest BCUT2D eigenvalue weighted by atomic mass is 10.2. The van der Waals surface area contributed by atoms with Gasteiger partial charge in [-0.2, -0.15) is 0 Å². The Morgan fingerprint density at radius 1 is 1.33 bits per heavy atom. The second-order valence-electron chi connectivity index (χ2n) is 3.89. The third kappa shape index (κ3) is 3.34. The van der Waals surface area contributed by atoms with Gasteiger partial charge in [0, 0.05) is 22.9 Å². The highest BCUT2D eigenvalue weighted by Gasteiger charge is 2.08. The number of aryl methyl sites for hydroxylation is 1. The highest BCUT2D eigenvalue weighted by Crippen LogP contribution is 2.27. The Labute approximate surface area is 115 Å². The quantitative estimate of drug-likeness (QED) is 0.624. The molecule has 0 atom stereocenters. The number of nitrogens with zero attached hydrogens (tertiary/aromatic N) is 1. The predicted octanol–water partition coefficient (Wildman–Crippen LogP) is 4.02. The highest BCUT2D eigenvalue weighted by atomic mass is 35.5. The van der Waals surface area contributed by atoms with Gasteiger partial charge in [0.15, 0.2) is 5.78 Å². The van der Waals surface area contributed by atoms with Crippen molar-refractivity contribution in [3.63, 3.8) is 0 Å². The fourth-order valence-electron chi connectivity index (χ4n) is 1.50. The number of thioether (sulfide) groups is 1. The SMILES string of the molecule is Cc1cncc(C(=O)CSc2ccccc2Cl)c1. The van der Waals surface area contributed by atoms with Crippen LogP contribution < -0.4 is 0 Å². The van der Waals surface area contributed by atoms with E-state index in [1.165, 1.54) is 11.8 Å². The van der Waals surface area contributed by atoms with Crippen LogP contribution >= 0.6 is 23.4 Å². The van der Waals surface area contributed by atoms with Crippen molar-refractivity contribution in [1.82, 2.24) is 4.98 Å². The summed E-state index contributed by atoms with van der Waals surface area (Å²) < 4.78 is 0. The van der Waals surface area contributed by atoms with Crippen molar-refractivity contribution in [2.24, 2.45) is 0 Å². The number of Topliss-reactive ketones (excluding diaryl/α,β-unsaturated/α-hetero) is 1. The van der Waals surface area contributed by atoms with E-state index in [0.29, 0.717) is 16.3 Å². The summed E-state index contributed by atoms with van der Waals surface area (Å²) in [6.45, 7) is 1.92. The standard InChI is InChI=1S/C14H12ClNOS/c1-10-6-11(8-16-7-10)13(17)9-18-14-5-3-2-4-12(14)15/h2-8H,9H2,1H3. The van der Waals surface area contributed by atoms with E-state index in [4.69, 9.17) is 11.6 Å². The Hall–Kier alpha value is -1.32. The molecule has 0 bridgehead atoms. The average Bonchev–Trinajstić information content (AvgIpc) is 2.37. The molecule has 92 valence electrons. The normalized spacial score (nSPS) is 10.3. The third-order valence-electron chi connectivity index (χ3n) is 2.39. The van der Waals surface area contributed by atoms with Gasteiger partial charge in [-0.25, -0.2) is 0 Å². The van der Waals surface area contributed by atoms with Crippen molar-refractivity contribution in [3.8, 4) is 0 Å². The van der Waals surface area contributed by atoms with Gasteiger partial charge >= 0.3 is 0 Å². The van der Waals surface area contributed by atoms with Gasteiger partial charge in [-0.15, -0.1) is 11.8 Å². The number of hydrogen-bond acceptors (Lipinski definition) is 3. The molecule has 2 nitrogen and oxygen atoms in total. The Morgan fingerprint density at radius 2 is 2.11 bits per heavy atom. The van der Waals surface area contributed by atoms with Crippen LogP contribution in [-0.2, 0) is 0 Å². The lowest BCUT2D eigenvalue weighted by Gasteiger charge is -2.03. The highest BCUT2D eigenvalue weighted by molar-refractivity contribution is 8.00. The van der Waals surface area contributed by atoms with Gasteiger partial charge < -0.3 is 0 Å². The average molecular weight is 278 g/mol. The number of ketones is 1. The molecule has 0 aliphatic heterocycles. The number of halogens is 1. The second kappa shape index (κ2) is 6.03. The van der Waals surface area contributed by atoms with Gasteiger partial charge in [0.1, 0.15) is 0 Å². The summed E-state index contributed by atoms with van der Waals surface area (Å²) in [5.74, 6) is 0.436. The molecule has 0 aliphatic carbocycles.